The van der Waals surface area contributed by atoms with Crippen LogP contribution in [0.4, 0.5) is 0 Å². The van der Waals surface area contributed by atoms with E-state index in [2.05, 4.69) is 29.3 Å². The molecule has 0 spiro atoms. The molecule has 4 rings (SSSR count). The standard InChI is InChI=1S/C17H26N2O/c1-12-10-14(12)17-6-5-13(20-17)11-18-15-7-9-19-8-3-2-4-16(15)19/h5-6,12,14-16,18H,2-4,7-11H2,1H3. The fourth-order valence-corrected chi connectivity index (χ4v) is 4.12. The summed E-state index contributed by atoms with van der Waals surface area (Å²) in [6, 6.07) is 5.80. The molecule has 3 heterocycles. The number of fused-ring (bicyclic) bond motifs is 1. The molecule has 1 saturated carbocycles. The van der Waals surface area contributed by atoms with Crippen LogP contribution in [0.25, 0.3) is 0 Å². The van der Waals surface area contributed by atoms with Crippen LogP contribution < -0.4 is 5.32 Å². The number of hydrogen-bond donors (Lipinski definition) is 1. The predicted molar refractivity (Wildman–Crippen MR) is 79.7 cm³/mol. The fourth-order valence-electron chi connectivity index (χ4n) is 4.12. The predicted octanol–water partition coefficient (Wildman–Crippen LogP) is 3.12. The lowest BCUT2D eigenvalue weighted by Crippen LogP contribution is -2.44. The van der Waals surface area contributed by atoms with E-state index in [4.69, 9.17) is 4.42 Å². The maximum atomic E-state index is 6.00. The molecule has 0 amide bonds. The molecule has 1 aromatic heterocycles. The molecule has 110 valence electrons. The van der Waals surface area contributed by atoms with E-state index in [1.165, 1.54) is 51.0 Å². The molecule has 1 aliphatic carbocycles. The molecular formula is C17H26N2O. The Morgan fingerprint density at radius 1 is 1.25 bits per heavy atom. The van der Waals surface area contributed by atoms with Crippen molar-refractivity contribution in [2.45, 2.75) is 63.6 Å². The molecule has 3 aliphatic rings. The van der Waals surface area contributed by atoms with Crippen molar-refractivity contribution in [1.82, 2.24) is 10.2 Å². The normalized spacial score (nSPS) is 37.0. The van der Waals surface area contributed by atoms with Gasteiger partial charge < -0.3 is 9.73 Å². The molecule has 1 N–H and O–H groups in total. The Labute approximate surface area is 121 Å². The van der Waals surface area contributed by atoms with Crippen LogP contribution >= 0.6 is 0 Å². The largest absolute Gasteiger partial charge is 0.464 e. The number of piperidine rings is 1. The van der Waals surface area contributed by atoms with E-state index in [0.29, 0.717) is 12.0 Å². The highest BCUT2D eigenvalue weighted by Gasteiger charge is 2.37. The minimum Gasteiger partial charge on any atom is -0.464 e. The van der Waals surface area contributed by atoms with Crippen LogP contribution in [-0.4, -0.2) is 30.1 Å². The van der Waals surface area contributed by atoms with Gasteiger partial charge in [0.2, 0.25) is 0 Å². The van der Waals surface area contributed by atoms with Gasteiger partial charge in [-0.2, -0.15) is 0 Å². The lowest BCUT2D eigenvalue weighted by atomic mass is 9.99. The van der Waals surface area contributed by atoms with E-state index in [0.717, 1.165) is 24.3 Å². The summed E-state index contributed by atoms with van der Waals surface area (Å²) in [5.74, 6) is 3.85. The Morgan fingerprint density at radius 3 is 3.00 bits per heavy atom. The molecule has 0 bridgehead atoms. The second-order valence-corrected chi connectivity index (χ2v) is 7.00. The van der Waals surface area contributed by atoms with Crippen molar-refractivity contribution in [3.05, 3.63) is 23.7 Å². The van der Waals surface area contributed by atoms with Crippen LogP contribution in [0.3, 0.4) is 0 Å². The van der Waals surface area contributed by atoms with Crippen molar-refractivity contribution in [3.8, 4) is 0 Å². The summed E-state index contributed by atoms with van der Waals surface area (Å²) in [7, 11) is 0. The summed E-state index contributed by atoms with van der Waals surface area (Å²) in [6.07, 6.45) is 6.78. The maximum absolute atomic E-state index is 6.00. The number of nitrogens with zero attached hydrogens (tertiary/aromatic N) is 1. The van der Waals surface area contributed by atoms with Crippen molar-refractivity contribution in [2.75, 3.05) is 13.1 Å². The highest BCUT2D eigenvalue weighted by molar-refractivity contribution is 5.17. The number of hydrogen-bond acceptors (Lipinski definition) is 3. The average Bonchev–Trinajstić information content (AvgIpc) is 2.92. The van der Waals surface area contributed by atoms with Crippen molar-refractivity contribution >= 4 is 0 Å². The van der Waals surface area contributed by atoms with Gasteiger partial charge in [0.25, 0.3) is 0 Å². The van der Waals surface area contributed by atoms with Gasteiger partial charge in [-0.25, -0.2) is 0 Å². The quantitative estimate of drug-likeness (QED) is 0.914. The van der Waals surface area contributed by atoms with E-state index in [1.54, 1.807) is 0 Å². The molecule has 4 atom stereocenters. The number of rotatable bonds is 4. The molecule has 2 saturated heterocycles. The summed E-state index contributed by atoms with van der Waals surface area (Å²) in [6.45, 7) is 5.80. The first-order chi connectivity index (χ1) is 9.81. The van der Waals surface area contributed by atoms with Gasteiger partial charge in [-0.3, -0.25) is 4.90 Å². The molecule has 3 heteroatoms. The van der Waals surface area contributed by atoms with Gasteiger partial charge in [-0.15, -0.1) is 0 Å². The minimum atomic E-state index is 0.670. The van der Waals surface area contributed by atoms with Gasteiger partial charge in [0.1, 0.15) is 11.5 Å². The van der Waals surface area contributed by atoms with E-state index in [-0.39, 0.29) is 0 Å². The van der Waals surface area contributed by atoms with Crippen molar-refractivity contribution in [2.24, 2.45) is 5.92 Å². The van der Waals surface area contributed by atoms with Gasteiger partial charge in [-0.1, -0.05) is 13.3 Å². The zero-order valence-electron chi connectivity index (χ0n) is 12.5. The monoisotopic (exact) mass is 274 g/mol. The van der Waals surface area contributed by atoms with Crippen LogP contribution in [-0.2, 0) is 6.54 Å². The van der Waals surface area contributed by atoms with E-state index in [1.807, 2.05) is 0 Å². The minimum absolute atomic E-state index is 0.670. The Morgan fingerprint density at radius 2 is 2.15 bits per heavy atom. The van der Waals surface area contributed by atoms with Crippen molar-refractivity contribution in [1.29, 1.82) is 0 Å². The van der Waals surface area contributed by atoms with Gasteiger partial charge in [-0.05, 0) is 50.3 Å². The second kappa shape index (κ2) is 5.19. The zero-order chi connectivity index (χ0) is 13.5. The maximum Gasteiger partial charge on any atom is 0.117 e. The van der Waals surface area contributed by atoms with Crippen molar-refractivity contribution < 1.29 is 4.42 Å². The van der Waals surface area contributed by atoms with Gasteiger partial charge in [0.05, 0.1) is 6.54 Å². The molecule has 0 aromatic carbocycles. The molecule has 2 aliphatic heterocycles. The lowest BCUT2D eigenvalue weighted by Gasteiger charge is -2.32. The Balaban J connectivity index is 1.32. The van der Waals surface area contributed by atoms with E-state index in [9.17, 15) is 0 Å². The molecule has 0 radical (unpaired) electrons. The summed E-state index contributed by atoms with van der Waals surface area (Å²) in [4.78, 5) is 2.68. The number of nitrogens with one attached hydrogen (secondary N) is 1. The third kappa shape index (κ3) is 2.42. The molecule has 3 nitrogen and oxygen atoms in total. The van der Waals surface area contributed by atoms with Crippen LogP contribution in [0.5, 0.6) is 0 Å². The molecule has 3 fully saturated rings. The zero-order valence-corrected chi connectivity index (χ0v) is 12.5. The van der Waals surface area contributed by atoms with Gasteiger partial charge in [0, 0.05) is 24.5 Å². The van der Waals surface area contributed by atoms with Gasteiger partial charge in [0.15, 0.2) is 0 Å². The average molecular weight is 274 g/mol. The summed E-state index contributed by atoms with van der Waals surface area (Å²) < 4.78 is 6.00. The Bertz CT molecular complexity index is 469. The third-order valence-corrected chi connectivity index (χ3v) is 5.55. The van der Waals surface area contributed by atoms with E-state index < -0.39 is 0 Å². The van der Waals surface area contributed by atoms with Gasteiger partial charge >= 0.3 is 0 Å². The molecular weight excluding hydrogens is 248 g/mol. The molecule has 20 heavy (non-hydrogen) atoms. The topological polar surface area (TPSA) is 28.4 Å². The first kappa shape index (κ1) is 12.9. The van der Waals surface area contributed by atoms with Crippen LogP contribution in [0.2, 0.25) is 0 Å². The van der Waals surface area contributed by atoms with Crippen molar-refractivity contribution in [3.63, 3.8) is 0 Å². The molecule has 1 aromatic rings. The first-order valence-corrected chi connectivity index (χ1v) is 8.37. The van der Waals surface area contributed by atoms with Crippen LogP contribution in [0, 0.1) is 5.92 Å². The summed E-state index contributed by atoms with van der Waals surface area (Å²) in [5, 5.41) is 3.75. The van der Waals surface area contributed by atoms with E-state index >= 15 is 0 Å². The summed E-state index contributed by atoms with van der Waals surface area (Å²) in [5.41, 5.74) is 0. The third-order valence-electron chi connectivity index (χ3n) is 5.55. The Kier molecular flexibility index (Phi) is 3.35. The van der Waals surface area contributed by atoms with Crippen LogP contribution in [0.1, 0.15) is 56.5 Å². The highest BCUT2D eigenvalue weighted by atomic mass is 16.3. The number of furan rings is 1. The SMILES string of the molecule is CC1CC1c1ccc(CNC2CCN3CCCCC23)o1. The van der Waals surface area contributed by atoms with Crippen LogP contribution in [0.15, 0.2) is 16.5 Å². The second-order valence-electron chi connectivity index (χ2n) is 7.00. The molecule has 4 unspecified atom stereocenters. The fraction of sp³-hybridized carbons (Fsp3) is 0.765. The first-order valence-electron chi connectivity index (χ1n) is 8.37. The lowest BCUT2D eigenvalue weighted by molar-refractivity contribution is 0.179. The Hall–Kier alpha value is -0.800. The smallest absolute Gasteiger partial charge is 0.117 e. The highest BCUT2D eigenvalue weighted by Crippen LogP contribution is 2.47. The summed E-state index contributed by atoms with van der Waals surface area (Å²) >= 11 is 0.